The number of hydrogen-bond donors (Lipinski definition) is 0. The van der Waals surface area contributed by atoms with Gasteiger partial charge in [-0.3, -0.25) is 0 Å². The third kappa shape index (κ3) is 4.21. The summed E-state index contributed by atoms with van der Waals surface area (Å²) in [6, 6.07) is 16.7. The smallest absolute Gasteiger partial charge is 0 e. The third-order valence-electron chi connectivity index (χ3n) is 1.66. The molecular formula is C10H10I2Ru. The van der Waals surface area contributed by atoms with Crippen molar-refractivity contribution in [1.82, 2.24) is 0 Å². The Kier molecular flexibility index (Phi) is 10.1. The zero-order valence-corrected chi connectivity index (χ0v) is 13.2. The van der Waals surface area contributed by atoms with E-state index in [1.54, 1.807) is 0 Å². The van der Waals surface area contributed by atoms with Crippen LogP contribution in [0.2, 0.25) is 0 Å². The van der Waals surface area contributed by atoms with E-state index in [1.807, 2.05) is 0 Å². The van der Waals surface area contributed by atoms with Crippen LogP contribution >= 0.6 is 48.0 Å². The molecule has 0 bridgehead atoms. The molecule has 0 heterocycles. The van der Waals surface area contributed by atoms with Crippen LogP contribution in [0.1, 0.15) is 0 Å². The van der Waals surface area contributed by atoms with Crippen molar-refractivity contribution in [3.63, 3.8) is 0 Å². The minimum atomic E-state index is 0. The SMILES string of the molecule is I.I.[Ru].c1ccc2ccccc2c1. The van der Waals surface area contributed by atoms with E-state index < -0.39 is 0 Å². The van der Waals surface area contributed by atoms with Gasteiger partial charge in [-0.25, -0.2) is 0 Å². The van der Waals surface area contributed by atoms with E-state index in [2.05, 4.69) is 48.5 Å². The van der Waals surface area contributed by atoms with Gasteiger partial charge in [0, 0.05) is 19.5 Å². The summed E-state index contributed by atoms with van der Waals surface area (Å²) >= 11 is 0. The van der Waals surface area contributed by atoms with Gasteiger partial charge < -0.3 is 0 Å². The maximum Gasteiger partial charge on any atom is 0 e. The second-order valence-corrected chi connectivity index (χ2v) is 2.35. The summed E-state index contributed by atoms with van der Waals surface area (Å²) in [5.41, 5.74) is 0. The molecule has 2 aromatic carbocycles. The van der Waals surface area contributed by atoms with E-state index >= 15 is 0 Å². The summed E-state index contributed by atoms with van der Waals surface area (Å²) in [6.07, 6.45) is 0. The fraction of sp³-hybridized carbons (Fsp3) is 0. The predicted octanol–water partition coefficient (Wildman–Crippen LogP) is 4.07. The van der Waals surface area contributed by atoms with Gasteiger partial charge in [0.15, 0.2) is 0 Å². The van der Waals surface area contributed by atoms with Crippen LogP contribution in [0.15, 0.2) is 48.5 Å². The Labute approximate surface area is 125 Å². The van der Waals surface area contributed by atoms with Crippen molar-refractivity contribution in [1.29, 1.82) is 0 Å². The van der Waals surface area contributed by atoms with Gasteiger partial charge >= 0.3 is 0 Å². The van der Waals surface area contributed by atoms with Crippen LogP contribution in [0.5, 0.6) is 0 Å². The van der Waals surface area contributed by atoms with Crippen molar-refractivity contribution in [3.8, 4) is 0 Å². The number of benzene rings is 2. The fourth-order valence-corrected chi connectivity index (χ4v) is 1.13. The van der Waals surface area contributed by atoms with Crippen molar-refractivity contribution in [3.05, 3.63) is 48.5 Å². The zero-order chi connectivity index (χ0) is 6.81. The van der Waals surface area contributed by atoms with Gasteiger partial charge in [-0.15, -0.1) is 48.0 Å². The van der Waals surface area contributed by atoms with E-state index in [0.29, 0.717) is 0 Å². The molecule has 0 aliphatic rings. The topological polar surface area (TPSA) is 0 Å². The molecule has 0 nitrogen and oxygen atoms in total. The first-order valence-corrected chi connectivity index (χ1v) is 3.40. The molecule has 0 saturated heterocycles. The molecule has 72 valence electrons. The van der Waals surface area contributed by atoms with E-state index in [1.165, 1.54) is 10.8 Å². The number of halogens is 2. The Balaban J connectivity index is 0. The van der Waals surface area contributed by atoms with Crippen molar-refractivity contribution < 1.29 is 19.5 Å². The molecule has 0 aromatic heterocycles. The van der Waals surface area contributed by atoms with Crippen LogP contribution in [0.3, 0.4) is 0 Å². The van der Waals surface area contributed by atoms with E-state index in [9.17, 15) is 0 Å². The zero-order valence-electron chi connectivity index (χ0n) is 6.79. The molecule has 0 aliphatic heterocycles. The van der Waals surface area contributed by atoms with Gasteiger partial charge in [0.05, 0.1) is 0 Å². The van der Waals surface area contributed by atoms with E-state index in [-0.39, 0.29) is 67.4 Å². The number of fused-ring (bicyclic) bond motifs is 1. The van der Waals surface area contributed by atoms with Crippen molar-refractivity contribution in [2.45, 2.75) is 0 Å². The summed E-state index contributed by atoms with van der Waals surface area (Å²) in [4.78, 5) is 0. The molecule has 0 spiro atoms. The normalized spacial score (nSPS) is 7.69. The van der Waals surface area contributed by atoms with E-state index in [4.69, 9.17) is 0 Å². The Morgan fingerprint density at radius 3 is 1.00 bits per heavy atom. The molecule has 0 N–H and O–H groups in total. The molecule has 0 radical (unpaired) electrons. The van der Waals surface area contributed by atoms with Crippen molar-refractivity contribution >= 4 is 58.7 Å². The Morgan fingerprint density at radius 2 is 0.769 bits per heavy atom. The van der Waals surface area contributed by atoms with Crippen LogP contribution in [-0.2, 0) is 19.5 Å². The predicted molar refractivity (Wildman–Crippen MR) is 74.8 cm³/mol. The molecule has 0 amide bonds. The van der Waals surface area contributed by atoms with Gasteiger partial charge in [0.2, 0.25) is 0 Å². The summed E-state index contributed by atoms with van der Waals surface area (Å²) in [5, 5.41) is 2.62. The maximum atomic E-state index is 2.12. The van der Waals surface area contributed by atoms with Gasteiger partial charge in [-0.05, 0) is 10.8 Å². The molecule has 0 unspecified atom stereocenters. The molecule has 13 heavy (non-hydrogen) atoms. The standard InChI is InChI=1S/C10H8.2HI.Ru/c1-2-6-10-8-4-3-7-9(10)5-1;;;/h1-8H;2*1H;. The number of rotatable bonds is 0. The molecule has 0 saturated carbocycles. The quantitative estimate of drug-likeness (QED) is 0.390. The minimum Gasteiger partial charge on any atom is -0.107 e. The van der Waals surface area contributed by atoms with Crippen molar-refractivity contribution in [2.24, 2.45) is 0 Å². The van der Waals surface area contributed by atoms with Crippen LogP contribution < -0.4 is 0 Å². The fourth-order valence-electron chi connectivity index (χ4n) is 1.13. The third-order valence-corrected chi connectivity index (χ3v) is 1.66. The van der Waals surface area contributed by atoms with Crippen LogP contribution in [0.4, 0.5) is 0 Å². The average molecular weight is 485 g/mol. The largest absolute Gasteiger partial charge is 0.107 e. The minimum absolute atomic E-state index is 0. The first-order chi connectivity index (χ1) is 4.97. The van der Waals surface area contributed by atoms with Gasteiger partial charge in [-0.2, -0.15) is 0 Å². The van der Waals surface area contributed by atoms with E-state index in [0.717, 1.165) is 0 Å². The molecule has 2 rings (SSSR count). The molecule has 3 heteroatoms. The first-order valence-electron chi connectivity index (χ1n) is 3.40. The summed E-state index contributed by atoms with van der Waals surface area (Å²) in [6.45, 7) is 0. The summed E-state index contributed by atoms with van der Waals surface area (Å²) in [7, 11) is 0. The Bertz CT molecular complexity index is 284. The second-order valence-electron chi connectivity index (χ2n) is 2.35. The second kappa shape index (κ2) is 8.12. The molecule has 0 atom stereocenters. The summed E-state index contributed by atoms with van der Waals surface area (Å²) < 4.78 is 0. The molecular weight excluding hydrogens is 475 g/mol. The summed E-state index contributed by atoms with van der Waals surface area (Å²) in [5.74, 6) is 0. The monoisotopic (exact) mass is 486 g/mol. The van der Waals surface area contributed by atoms with Crippen LogP contribution in [0, 0.1) is 0 Å². The first kappa shape index (κ1) is 16.2. The van der Waals surface area contributed by atoms with Gasteiger partial charge in [0.25, 0.3) is 0 Å². The average Bonchev–Trinajstić information content (AvgIpc) is 2.05. The maximum absolute atomic E-state index is 2.12. The Hall–Kier alpha value is 0.783. The molecule has 0 fully saturated rings. The number of hydrogen-bond acceptors (Lipinski definition) is 0. The molecule has 2 aromatic rings. The van der Waals surface area contributed by atoms with Gasteiger partial charge in [-0.1, -0.05) is 48.5 Å². The molecule has 0 aliphatic carbocycles. The van der Waals surface area contributed by atoms with Crippen LogP contribution in [-0.4, -0.2) is 0 Å². The Morgan fingerprint density at radius 1 is 0.538 bits per heavy atom. The van der Waals surface area contributed by atoms with Crippen molar-refractivity contribution in [2.75, 3.05) is 0 Å². The van der Waals surface area contributed by atoms with Crippen LogP contribution in [0.25, 0.3) is 10.8 Å². The van der Waals surface area contributed by atoms with Gasteiger partial charge in [0.1, 0.15) is 0 Å².